The van der Waals surface area contributed by atoms with E-state index in [1.54, 1.807) is 0 Å². The highest BCUT2D eigenvalue weighted by molar-refractivity contribution is 8.00. The zero-order valence-electron chi connectivity index (χ0n) is 7.44. The van der Waals surface area contributed by atoms with Crippen LogP contribution in [0.1, 0.15) is 12.8 Å². The molecule has 2 heterocycles. The molecule has 0 spiro atoms. The second kappa shape index (κ2) is 3.75. The summed E-state index contributed by atoms with van der Waals surface area (Å²) in [6.45, 7) is 0.967. The van der Waals surface area contributed by atoms with Gasteiger partial charge in [0.25, 0.3) is 0 Å². The van der Waals surface area contributed by atoms with Crippen LogP contribution in [0.15, 0.2) is 0 Å². The van der Waals surface area contributed by atoms with E-state index >= 15 is 0 Å². The number of hydrogen-bond donors (Lipinski definition) is 1. The summed E-state index contributed by atoms with van der Waals surface area (Å²) >= 11 is 1.83. The Labute approximate surface area is 81.8 Å². The first-order chi connectivity index (χ1) is 6.33. The topological polar surface area (TPSA) is 55.6 Å². The molecule has 0 saturated carbocycles. The molecular formula is C8H14N2O2S. The number of carbonyl (C=O) groups excluding carboxylic acids is 1. The zero-order chi connectivity index (χ0) is 9.26. The van der Waals surface area contributed by atoms with Gasteiger partial charge < -0.3 is 10.5 Å². The minimum absolute atomic E-state index is 0.100. The zero-order valence-corrected chi connectivity index (χ0v) is 8.26. The van der Waals surface area contributed by atoms with Crippen molar-refractivity contribution in [3.63, 3.8) is 0 Å². The van der Waals surface area contributed by atoms with Crippen LogP contribution in [0.3, 0.4) is 0 Å². The Balaban J connectivity index is 2.04. The predicted octanol–water partition coefficient (Wildman–Crippen LogP) is 0.619. The number of carbonyl (C=O) groups is 1. The molecule has 0 aliphatic carbocycles. The number of ether oxygens (including phenoxy) is 1. The summed E-state index contributed by atoms with van der Waals surface area (Å²) in [4.78, 5) is 13.2. The average molecular weight is 202 g/mol. The molecule has 2 aliphatic heterocycles. The number of nitrogens with zero attached hydrogens (tertiary/aromatic N) is 1. The first-order valence-electron chi connectivity index (χ1n) is 4.59. The molecule has 0 aromatic rings. The maximum atomic E-state index is 11.4. The predicted molar refractivity (Wildman–Crippen MR) is 51.5 cm³/mol. The largest absolute Gasteiger partial charge is 0.447 e. The van der Waals surface area contributed by atoms with Crippen molar-refractivity contribution in [1.29, 1.82) is 0 Å². The maximum absolute atomic E-state index is 11.4. The third-order valence-electron chi connectivity index (χ3n) is 2.49. The minimum Gasteiger partial charge on any atom is -0.447 e. The third kappa shape index (κ3) is 1.62. The molecule has 74 valence electrons. The average Bonchev–Trinajstić information content (AvgIpc) is 2.72. The highest BCUT2D eigenvalue weighted by atomic mass is 32.2. The summed E-state index contributed by atoms with van der Waals surface area (Å²) in [5.74, 6) is 1.14. The summed E-state index contributed by atoms with van der Waals surface area (Å²) in [7, 11) is 0. The molecule has 0 aromatic heterocycles. The van der Waals surface area contributed by atoms with Gasteiger partial charge in [-0.25, -0.2) is 4.79 Å². The van der Waals surface area contributed by atoms with E-state index in [1.165, 1.54) is 6.42 Å². The summed E-state index contributed by atoms with van der Waals surface area (Å²) < 4.78 is 4.98. The highest BCUT2D eigenvalue weighted by Crippen LogP contribution is 2.32. The fourth-order valence-electron chi connectivity index (χ4n) is 1.79. The van der Waals surface area contributed by atoms with Crippen molar-refractivity contribution in [3.8, 4) is 0 Å². The van der Waals surface area contributed by atoms with Crippen LogP contribution < -0.4 is 5.73 Å². The Morgan fingerprint density at radius 3 is 3.15 bits per heavy atom. The van der Waals surface area contributed by atoms with Crippen molar-refractivity contribution in [2.45, 2.75) is 24.3 Å². The van der Waals surface area contributed by atoms with Gasteiger partial charge in [0.05, 0.1) is 11.4 Å². The van der Waals surface area contributed by atoms with E-state index in [2.05, 4.69) is 0 Å². The third-order valence-corrected chi connectivity index (χ3v) is 3.86. The molecule has 13 heavy (non-hydrogen) atoms. The first kappa shape index (κ1) is 9.15. The molecule has 2 fully saturated rings. The Hall–Kier alpha value is -0.420. The monoisotopic (exact) mass is 202 g/mol. The van der Waals surface area contributed by atoms with Crippen molar-refractivity contribution in [1.82, 2.24) is 4.90 Å². The lowest BCUT2D eigenvalue weighted by molar-refractivity contribution is 0.155. The molecule has 0 aromatic carbocycles. The molecule has 2 saturated heterocycles. The Bertz CT molecular complexity index is 206. The van der Waals surface area contributed by atoms with Crippen molar-refractivity contribution in [2.24, 2.45) is 5.73 Å². The van der Waals surface area contributed by atoms with Crippen LogP contribution in [-0.2, 0) is 4.74 Å². The van der Waals surface area contributed by atoms with Gasteiger partial charge in [0.1, 0.15) is 6.61 Å². The second-order valence-electron chi connectivity index (χ2n) is 3.34. The van der Waals surface area contributed by atoms with Gasteiger partial charge in [-0.3, -0.25) is 4.90 Å². The second-order valence-corrected chi connectivity index (χ2v) is 4.63. The molecular weight excluding hydrogens is 188 g/mol. The summed E-state index contributed by atoms with van der Waals surface area (Å²) in [6.07, 6.45) is 2.09. The molecule has 2 N–H and O–H groups in total. The van der Waals surface area contributed by atoms with Crippen molar-refractivity contribution < 1.29 is 9.53 Å². The maximum Gasteiger partial charge on any atom is 0.411 e. The van der Waals surface area contributed by atoms with Crippen molar-refractivity contribution >= 4 is 17.9 Å². The van der Waals surface area contributed by atoms with Crippen LogP contribution in [0, 0.1) is 0 Å². The quantitative estimate of drug-likeness (QED) is 0.713. The fourth-order valence-corrected chi connectivity index (χ4v) is 3.14. The molecule has 2 aliphatic rings. The van der Waals surface area contributed by atoms with E-state index in [9.17, 15) is 4.79 Å². The van der Waals surface area contributed by atoms with Crippen molar-refractivity contribution in [2.75, 3.05) is 18.9 Å². The van der Waals surface area contributed by atoms with Gasteiger partial charge in [0.15, 0.2) is 0 Å². The number of amides is 1. The van der Waals surface area contributed by atoms with Gasteiger partial charge in [-0.05, 0) is 18.6 Å². The molecule has 0 radical (unpaired) electrons. The molecule has 2 rings (SSSR count). The first-order valence-corrected chi connectivity index (χ1v) is 5.64. The Morgan fingerprint density at radius 1 is 1.69 bits per heavy atom. The number of cyclic esters (lactones) is 1. The molecule has 1 amide bonds. The van der Waals surface area contributed by atoms with E-state index in [-0.39, 0.29) is 12.1 Å². The van der Waals surface area contributed by atoms with E-state index in [1.807, 2.05) is 16.7 Å². The van der Waals surface area contributed by atoms with Crippen LogP contribution >= 0.6 is 11.8 Å². The van der Waals surface area contributed by atoms with Crippen LogP contribution in [0.5, 0.6) is 0 Å². The molecule has 4 nitrogen and oxygen atoms in total. The highest BCUT2D eigenvalue weighted by Gasteiger charge is 2.38. The summed E-state index contributed by atoms with van der Waals surface area (Å²) in [6, 6.07) is 0.100. The summed E-state index contributed by atoms with van der Waals surface area (Å²) in [5.41, 5.74) is 5.57. The normalized spacial score (nSPS) is 33.9. The standard InChI is InChI=1S/C8H14N2O2S/c9-4-6-5-12-8(11)10(6)7-2-1-3-13-7/h6-7H,1-5,9H2. The van der Waals surface area contributed by atoms with E-state index in [0.717, 1.165) is 12.2 Å². The molecule has 2 unspecified atom stereocenters. The minimum atomic E-state index is -0.185. The van der Waals surface area contributed by atoms with Gasteiger partial charge in [-0.2, -0.15) is 0 Å². The number of nitrogens with two attached hydrogens (primary N) is 1. The molecule has 0 bridgehead atoms. The van der Waals surface area contributed by atoms with E-state index < -0.39 is 0 Å². The van der Waals surface area contributed by atoms with Crippen LogP contribution in [0.4, 0.5) is 4.79 Å². The molecule has 5 heteroatoms. The number of rotatable bonds is 2. The van der Waals surface area contributed by atoms with Gasteiger partial charge >= 0.3 is 6.09 Å². The van der Waals surface area contributed by atoms with Crippen LogP contribution in [-0.4, -0.2) is 41.3 Å². The van der Waals surface area contributed by atoms with Gasteiger partial charge in [0, 0.05) is 6.54 Å². The SMILES string of the molecule is NCC1COC(=O)N1C1CCCS1. The molecule has 2 atom stereocenters. The van der Waals surface area contributed by atoms with E-state index in [0.29, 0.717) is 18.5 Å². The van der Waals surface area contributed by atoms with Gasteiger partial charge in [0.2, 0.25) is 0 Å². The van der Waals surface area contributed by atoms with Crippen LogP contribution in [0.25, 0.3) is 0 Å². The van der Waals surface area contributed by atoms with E-state index in [4.69, 9.17) is 10.5 Å². The number of hydrogen-bond acceptors (Lipinski definition) is 4. The van der Waals surface area contributed by atoms with Gasteiger partial charge in [-0.1, -0.05) is 0 Å². The fraction of sp³-hybridized carbons (Fsp3) is 0.875. The Morgan fingerprint density at radius 2 is 2.54 bits per heavy atom. The van der Waals surface area contributed by atoms with Gasteiger partial charge in [-0.15, -0.1) is 11.8 Å². The summed E-state index contributed by atoms with van der Waals surface area (Å²) in [5, 5.41) is 0.309. The van der Waals surface area contributed by atoms with Crippen LogP contribution in [0.2, 0.25) is 0 Å². The Kier molecular flexibility index (Phi) is 2.64. The van der Waals surface area contributed by atoms with Crippen molar-refractivity contribution in [3.05, 3.63) is 0 Å². The number of thioether (sulfide) groups is 1. The lowest BCUT2D eigenvalue weighted by Crippen LogP contribution is -2.43. The lowest BCUT2D eigenvalue weighted by Gasteiger charge is -2.25. The smallest absolute Gasteiger partial charge is 0.411 e. The lowest BCUT2D eigenvalue weighted by atomic mass is 10.2.